The van der Waals surface area contributed by atoms with Crippen LogP contribution in [0.15, 0.2) is 29.0 Å². The molecule has 0 bridgehead atoms. The Hall–Kier alpha value is -1.40. The molecule has 0 aliphatic rings. The molecule has 0 amide bonds. The smallest absolute Gasteiger partial charge is 0.164 e. The average Bonchev–Trinajstić information content (AvgIpc) is 2.86. The van der Waals surface area contributed by atoms with Crippen molar-refractivity contribution in [1.29, 1.82) is 0 Å². The summed E-state index contributed by atoms with van der Waals surface area (Å²) in [6.07, 6.45) is 1.76. The van der Waals surface area contributed by atoms with Gasteiger partial charge in [0.05, 0.1) is 20.2 Å². The Morgan fingerprint density at radius 2 is 2.10 bits per heavy atom. The zero-order chi connectivity index (χ0) is 15.5. The van der Waals surface area contributed by atoms with Crippen molar-refractivity contribution in [2.75, 3.05) is 7.11 Å². The molecule has 5 nitrogen and oxygen atoms in total. The van der Waals surface area contributed by atoms with Gasteiger partial charge in [-0.25, -0.2) is 9.67 Å². The molecule has 1 heterocycles. The third-order valence-corrected chi connectivity index (χ3v) is 3.72. The number of methoxy groups -OCH3 is 1. The zero-order valence-corrected chi connectivity index (χ0v) is 14.4. The van der Waals surface area contributed by atoms with Gasteiger partial charge in [0.2, 0.25) is 0 Å². The van der Waals surface area contributed by atoms with Gasteiger partial charge in [-0.3, -0.25) is 0 Å². The first-order valence-corrected chi connectivity index (χ1v) is 7.62. The Bertz CT molecular complexity index is 604. The summed E-state index contributed by atoms with van der Waals surface area (Å²) in [5.74, 6) is 1.63. The molecule has 6 heteroatoms. The molecular weight excluding hydrogens is 332 g/mol. The van der Waals surface area contributed by atoms with Crippen molar-refractivity contribution < 1.29 is 4.74 Å². The number of nitrogens with zero attached hydrogens (tertiary/aromatic N) is 3. The molecule has 0 aliphatic carbocycles. The van der Waals surface area contributed by atoms with Gasteiger partial charge in [-0.15, -0.1) is 0 Å². The second kappa shape index (κ2) is 6.58. The van der Waals surface area contributed by atoms with Gasteiger partial charge < -0.3 is 10.1 Å². The van der Waals surface area contributed by atoms with Gasteiger partial charge >= 0.3 is 0 Å². The number of ether oxygens (including phenoxy) is 1. The van der Waals surface area contributed by atoms with Crippen molar-refractivity contribution in [2.45, 2.75) is 39.4 Å². The summed E-state index contributed by atoms with van der Waals surface area (Å²) in [4.78, 5) is 4.33. The van der Waals surface area contributed by atoms with E-state index >= 15 is 0 Å². The Labute approximate surface area is 133 Å². The number of halogens is 1. The standard InChI is InChI=1S/C15H21BrN4O/c1-15(2,3)18-8-14-17-10-20(19-14)9-11-7-12(21-4)5-6-13(11)16/h5-7,10,18H,8-9H2,1-4H3. The van der Waals surface area contributed by atoms with E-state index in [4.69, 9.17) is 4.74 Å². The fourth-order valence-electron chi connectivity index (χ4n) is 1.81. The van der Waals surface area contributed by atoms with E-state index in [0.29, 0.717) is 13.1 Å². The van der Waals surface area contributed by atoms with Gasteiger partial charge in [0.25, 0.3) is 0 Å². The van der Waals surface area contributed by atoms with Crippen LogP contribution in [0.25, 0.3) is 0 Å². The molecule has 2 aromatic rings. The van der Waals surface area contributed by atoms with Gasteiger partial charge in [0.1, 0.15) is 12.1 Å². The van der Waals surface area contributed by atoms with E-state index < -0.39 is 0 Å². The van der Waals surface area contributed by atoms with Crippen LogP contribution in [0.5, 0.6) is 5.75 Å². The number of aromatic nitrogens is 3. The SMILES string of the molecule is COc1ccc(Br)c(Cn2cnc(CNC(C)(C)C)n2)c1. The minimum Gasteiger partial charge on any atom is -0.497 e. The molecule has 0 fully saturated rings. The maximum absolute atomic E-state index is 5.25. The summed E-state index contributed by atoms with van der Waals surface area (Å²) in [5, 5.41) is 7.86. The molecule has 1 aromatic carbocycles. The first-order chi connectivity index (χ1) is 9.87. The molecule has 1 aromatic heterocycles. The van der Waals surface area contributed by atoms with E-state index in [9.17, 15) is 0 Å². The molecule has 0 aliphatic heterocycles. The topological polar surface area (TPSA) is 52.0 Å². The van der Waals surface area contributed by atoms with E-state index in [1.54, 1.807) is 13.4 Å². The quantitative estimate of drug-likeness (QED) is 0.898. The molecule has 0 radical (unpaired) electrons. The van der Waals surface area contributed by atoms with Gasteiger partial charge in [-0.2, -0.15) is 5.10 Å². The van der Waals surface area contributed by atoms with Gasteiger partial charge in [0, 0.05) is 10.0 Å². The monoisotopic (exact) mass is 352 g/mol. The summed E-state index contributed by atoms with van der Waals surface area (Å²) >= 11 is 3.55. The Balaban J connectivity index is 2.05. The van der Waals surface area contributed by atoms with E-state index in [2.05, 4.69) is 52.1 Å². The third kappa shape index (κ3) is 4.82. The van der Waals surface area contributed by atoms with E-state index in [-0.39, 0.29) is 5.54 Å². The molecule has 2 rings (SSSR count). The van der Waals surface area contributed by atoms with Crippen LogP contribution in [0.1, 0.15) is 32.2 Å². The molecular formula is C15H21BrN4O. The second-order valence-corrected chi connectivity index (χ2v) is 6.77. The number of nitrogens with one attached hydrogen (secondary N) is 1. The van der Waals surface area contributed by atoms with E-state index in [1.165, 1.54) is 0 Å². The lowest BCUT2D eigenvalue weighted by atomic mass is 10.1. The molecule has 0 unspecified atom stereocenters. The largest absolute Gasteiger partial charge is 0.497 e. The van der Waals surface area contributed by atoms with Crippen LogP contribution in [0.2, 0.25) is 0 Å². The number of rotatable bonds is 5. The Morgan fingerprint density at radius 1 is 1.33 bits per heavy atom. The van der Waals surface area contributed by atoms with Crippen molar-refractivity contribution >= 4 is 15.9 Å². The first kappa shape index (κ1) is 16.0. The highest BCUT2D eigenvalue weighted by molar-refractivity contribution is 9.10. The maximum atomic E-state index is 5.25. The zero-order valence-electron chi connectivity index (χ0n) is 12.9. The number of hydrogen-bond donors (Lipinski definition) is 1. The molecule has 114 valence electrons. The Morgan fingerprint density at radius 3 is 2.76 bits per heavy atom. The fraction of sp³-hybridized carbons (Fsp3) is 0.467. The minimum absolute atomic E-state index is 0.0568. The lowest BCUT2D eigenvalue weighted by Crippen LogP contribution is -2.35. The van der Waals surface area contributed by atoms with Crippen molar-refractivity contribution in [3.05, 3.63) is 40.4 Å². The fourth-order valence-corrected chi connectivity index (χ4v) is 2.18. The predicted octanol–water partition coefficient (Wildman–Crippen LogP) is 2.99. The normalized spacial score (nSPS) is 11.7. The lowest BCUT2D eigenvalue weighted by molar-refractivity contribution is 0.413. The van der Waals surface area contributed by atoms with Crippen LogP contribution in [-0.2, 0) is 13.1 Å². The van der Waals surface area contributed by atoms with Gasteiger partial charge in [-0.05, 0) is 44.5 Å². The summed E-state index contributed by atoms with van der Waals surface area (Å²) in [7, 11) is 1.67. The second-order valence-electron chi connectivity index (χ2n) is 5.92. The molecule has 0 saturated carbocycles. The number of hydrogen-bond acceptors (Lipinski definition) is 4. The summed E-state index contributed by atoms with van der Waals surface area (Å²) in [6.45, 7) is 7.68. The van der Waals surface area contributed by atoms with Crippen LogP contribution >= 0.6 is 15.9 Å². The van der Waals surface area contributed by atoms with Gasteiger partial charge in [0.15, 0.2) is 5.82 Å². The van der Waals surface area contributed by atoms with Crippen LogP contribution in [-0.4, -0.2) is 27.4 Å². The summed E-state index contributed by atoms with van der Waals surface area (Å²) < 4.78 is 8.12. The van der Waals surface area contributed by atoms with Crippen LogP contribution in [0, 0.1) is 0 Å². The number of benzene rings is 1. The minimum atomic E-state index is 0.0568. The van der Waals surface area contributed by atoms with Gasteiger partial charge in [-0.1, -0.05) is 15.9 Å². The molecule has 0 atom stereocenters. The van der Waals surface area contributed by atoms with E-state index in [0.717, 1.165) is 21.6 Å². The van der Waals surface area contributed by atoms with Crippen LogP contribution in [0.4, 0.5) is 0 Å². The third-order valence-electron chi connectivity index (χ3n) is 2.95. The van der Waals surface area contributed by atoms with Crippen molar-refractivity contribution in [3.8, 4) is 5.75 Å². The van der Waals surface area contributed by atoms with Crippen molar-refractivity contribution in [2.24, 2.45) is 0 Å². The summed E-state index contributed by atoms with van der Waals surface area (Å²) in [6, 6.07) is 5.90. The van der Waals surface area contributed by atoms with Crippen molar-refractivity contribution in [1.82, 2.24) is 20.1 Å². The first-order valence-electron chi connectivity index (χ1n) is 6.83. The average molecular weight is 353 g/mol. The Kier molecular flexibility index (Phi) is 5.00. The van der Waals surface area contributed by atoms with Crippen molar-refractivity contribution in [3.63, 3.8) is 0 Å². The highest BCUT2D eigenvalue weighted by Crippen LogP contribution is 2.23. The maximum Gasteiger partial charge on any atom is 0.164 e. The van der Waals surface area contributed by atoms with E-state index in [1.807, 2.05) is 22.9 Å². The van der Waals surface area contributed by atoms with Crippen LogP contribution in [0.3, 0.4) is 0 Å². The molecule has 0 saturated heterocycles. The molecule has 0 spiro atoms. The molecule has 1 N–H and O–H groups in total. The summed E-state index contributed by atoms with van der Waals surface area (Å²) in [5.41, 5.74) is 1.16. The highest BCUT2D eigenvalue weighted by atomic mass is 79.9. The highest BCUT2D eigenvalue weighted by Gasteiger charge is 2.11. The lowest BCUT2D eigenvalue weighted by Gasteiger charge is -2.19. The van der Waals surface area contributed by atoms with Crippen LogP contribution < -0.4 is 10.1 Å². The predicted molar refractivity (Wildman–Crippen MR) is 86.4 cm³/mol. The molecule has 21 heavy (non-hydrogen) atoms.